The van der Waals surface area contributed by atoms with Crippen molar-refractivity contribution in [3.05, 3.63) is 34.9 Å². The van der Waals surface area contributed by atoms with Gasteiger partial charge in [0.05, 0.1) is 11.6 Å². The zero-order valence-corrected chi connectivity index (χ0v) is 11.1. The Kier molecular flexibility index (Phi) is 5.40. The number of nitriles is 1. The molecule has 0 fully saturated rings. The number of rotatable bonds is 6. The zero-order valence-electron chi connectivity index (χ0n) is 11.1. The molecule has 0 radical (unpaired) electrons. The van der Waals surface area contributed by atoms with Crippen LogP contribution in [0, 0.1) is 23.0 Å². The Hall–Kier alpha value is -1.51. The quantitative estimate of drug-likeness (QED) is 0.833. The number of hydrogen-bond acceptors (Lipinski definition) is 3. The largest absolute Gasteiger partial charge is 0.396 e. The maximum Gasteiger partial charge on any atom is 0.131 e. The molecule has 19 heavy (non-hydrogen) atoms. The van der Waals surface area contributed by atoms with Gasteiger partial charge in [-0.3, -0.25) is 0 Å². The van der Waals surface area contributed by atoms with Crippen LogP contribution in [0.4, 0.5) is 8.78 Å². The lowest BCUT2D eigenvalue weighted by molar-refractivity contribution is 0.213. The molecule has 1 unspecified atom stereocenters. The summed E-state index contributed by atoms with van der Waals surface area (Å²) in [6, 6.07) is 3.75. The summed E-state index contributed by atoms with van der Waals surface area (Å²) in [5.41, 5.74) is -0.495. The molecule has 0 aromatic heterocycles. The van der Waals surface area contributed by atoms with Crippen LogP contribution in [-0.2, 0) is 6.54 Å². The Morgan fingerprint density at radius 3 is 2.37 bits per heavy atom. The third-order valence-electron chi connectivity index (χ3n) is 3.41. The fourth-order valence-corrected chi connectivity index (χ4v) is 1.78. The van der Waals surface area contributed by atoms with Crippen molar-refractivity contribution in [2.45, 2.75) is 38.8 Å². The molecule has 1 rings (SSSR count). The molecule has 2 N–H and O–H groups in total. The van der Waals surface area contributed by atoms with Crippen LogP contribution in [0.5, 0.6) is 0 Å². The van der Waals surface area contributed by atoms with Gasteiger partial charge in [0.25, 0.3) is 0 Å². The Morgan fingerprint density at radius 1 is 1.37 bits per heavy atom. The van der Waals surface area contributed by atoms with Gasteiger partial charge < -0.3 is 10.4 Å². The van der Waals surface area contributed by atoms with E-state index in [1.807, 2.05) is 13.8 Å². The van der Waals surface area contributed by atoms with Gasteiger partial charge in [0.1, 0.15) is 11.6 Å². The second kappa shape index (κ2) is 6.60. The molecular weight excluding hydrogens is 250 g/mol. The minimum Gasteiger partial charge on any atom is -0.396 e. The highest BCUT2D eigenvalue weighted by Crippen LogP contribution is 2.19. The predicted molar refractivity (Wildman–Crippen MR) is 68.3 cm³/mol. The summed E-state index contributed by atoms with van der Waals surface area (Å²) in [7, 11) is 0. The number of hydrogen-bond donors (Lipinski definition) is 2. The van der Waals surface area contributed by atoms with Crippen molar-refractivity contribution in [1.82, 2.24) is 5.32 Å². The van der Waals surface area contributed by atoms with Crippen LogP contribution >= 0.6 is 0 Å². The molecule has 0 bridgehead atoms. The zero-order chi connectivity index (χ0) is 14.5. The molecule has 1 aromatic carbocycles. The fourth-order valence-electron chi connectivity index (χ4n) is 1.78. The van der Waals surface area contributed by atoms with Crippen LogP contribution < -0.4 is 5.32 Å². The molecule has 0 amide bonds. The molecule has 0 saturated carbocycles. The molecule has 0 spiro atoms. The SMILES string of the molecule is CCC(C)(CCO)NCc1c(F)cc(C#N)cc1F. The fraction of sp³-hybridized carbons (Fsp3) is 0.500. The Balaban J connectivity index is 2.86. The summed E-state index contributed by atoms with van der Waals surface area (Å²) in [5, 5.41) is 20.7. The summed E-state index contributed by atoms with van der Waals surface area (Å²) in [4.78, 5) is 0. The van der Waals surface area contributed by atoms with Crippen LogP contribution in [-0.4, -0.2) is 17.3 Å². The van der Waals surface area contributed by atoms with Crippen molar-refractivity contribution in [2.75, 3.05) is 6.61 Å². The molecular formula is C14H18F2N2O. The van der Waals surface area contributed by atoms with Crippen molar-refractivity contribution < 1.29 is 13.9 Å². The summed E-state index contributed by atoms with van der Waals surface area (Å²) < 4.78 is 27.4. The van der Waals surface area contributed by atoms with Crippen LogP contribution in [0.15, 0.2) is 12.1 Å². The van der Waals surface area contributed by atoms with Crippen LogP contribution in [0.1, 0.15) is 37.8 Å². The number of halogens is 2. The molecule has 5 heteroatoms. The van der Waals surface area contributed by atoms with Crippen molar-refractivity contribution in [1.29, 1.82) is 5.26 Å². The topological polar surface area (TPSA) is 56.0 Å². The highest BCUT2D eigenvalue weighted by Gasteiger charge is 2.22. The summed E-state index contributed by atoms with van der Waals surface area (Å²) in [6.07, 6.45) is 1.23. The van der Waals surface area contributed by atoms with Crippen LogP contribution in [0.2, 0.25) is 0 Å². The summed E-state index contributed by atoms with van der Waals surface area (Å²) in [6.45, 7) is 3.86. The standard InChI is InChI=1S/C14H18F2N2O/c1-3-14(2,4-5-19)18-9-11-12(15)6-10(8-17)7-13(11)16/h6-7,18-19H,3-5,9H2,1-2H3. The molecule has 0 aliphatic rings. The van der Waals surface area contributed by atoms with Gasteiger partial charge in [0, 0.05) is 24.3 Å². The van der Waals surface area contributed by atoms with E-state index in [0.29, 0.717) is 6.42 Å². The van der Waals surface area contributed by atoms with E-state index in [2.05, 4.69) is 5.32 Å². The lowest BCUT2D eigenvalue weighted by atomic mass is 9.94. The van der Waals surface area contributed by atoms with Gasteiger partial charge in [0.2, 0.25) is 0 Å². The summed E-state index contributed by atoms with van der Waals surface area (Å²) in [5.74, 6) is -1.46. The lowest BCUT2D eigenvalue weighted by Crippen LogP contribution is -2.42. The van der Waals surface area contributed by atoms with Crippen molar-refractivity contribution in [2.24, 2.45) is 0 Å². The lowest BCUT2D eigenvalue weighted by Gasteiger charge is -2.29. The molecule has 0 heterocycles. The third-order valence-corrected chi connectivity index (χ3v) is 3.41. The van der Waals surface area contributed by atoms with Crippen LogP contribution in [0.3, 0.4) is 0 Å². The van der Waals surface area contributed by atoms with E-state index in [0.717, 1.165) is 18.6 Å². The average molecular weight is 268 g/mol. The first-order valence-electron chi connectivity index (χ1n) is 6.19. The van der Waals surface area contributed by atoms with Gasteiger partial charge >= 0.3 is 0 Å². The highest BCUT2D eigenvalue weighted by molar-refractivity contribution is 5.34. The number of aliphatic hydroxyl groups is 1. The van der Waals surface area contributed by atoms with E-state index in [-0.39, 0.29) is 29.8 Å². The van der Waals surface area contributed by atoms with Crippen molar-refractivity contribution in [3.8, 4) is 6.07 Å². The third kappa shape index (κ3) is 3.98. The van der Waals surface area contributed by atoms with Gasteiger partial charge in [-0.05, 0) is 31.9 Å². The molecule has 0 saturated heterocycles. The van der Waals surface area contributed by atoms with Crippen molar-refractivity contribution in [3.63, 3.8) is 0 Å². The summed E-state index contributed by atoms with van der Waals surface area (Å²) >= 11 is 0. The van der Waals surface area contributed by atoms with E-state index in [1.54, 1.807) is 6.07 Å². The Bertz CT molecular complexity index is 462. The molecule has 104 valence electrons. The van der Waals surface area contributed by atoms with E-state index >= 15 is 0 Å². The maximum absolute atomic E-state index is 13.7. The minimum absolute atomic E-state index is 0.00960. The first-order chi connectivity index (χ1) is 8.95. The monoisotopic (exact) mass is 268 g/mol. The molecule has 1 aromatic rings. The smallest absolute Gasteiger partial charge is 0.131 e. The van der Waals surface area contributed by atoms with E-state index in [9.17, 15) is 8.78 Å². The number of aliphatic hydroxyl groups excluding tert-OH is 1. The Morgan fingerprint density at radius 2 is 1.95 bits per heavy atom. The minimum atomic E-state index is -0.730. The van der Waals surface area contributed by atoms with Gasteiger partial charge in [-0.1, -0.05) is 6.92 Å². The van der Waals surface area contributed by atoms with E-state index in [1.165, 1.54) is 0 Å². The maximum atomic E-state index is 13.7. The highest BCUT2D eigenvalue weighted by atomic mass is 19.1. The normalized spacial score (nSPS) is 13.9. The first kappa shape index (κ1) is 15.5. The predicted octanol–water partition coefficient (Wildman–Crippen LogP) is 2.48. The molecule has 1 atom stereocenters. The average Bonchev–Trinajstić information content (AvgIpc) is 2.37. The number of nitrogens with one attached hydrogen (secondary N) is 1. The number of benzene rings is 1. The van der Waals surface area contributed by atoms with Crippen LogP contribution in [0.25, 0.3) is 0 Å². The van der Waals surface area contributed by atoms with Gasteiger partial charge in [-0.15, -0.1) is 0 Å². The van der Waals surface area contributed by atoms with E-state index in [4.69, 9.17) is 10.4 Å². The second-order valence-electron chi connectivity index (χ2n) is 4.77. The van der Waals surface area contributed by atoms with Gasteiger partial charge in [-0.25, -0.2) is 8.78 Å². The second-order valence-corrected chi connectivity index (χ2v) is 4.77. The molecule has 0 aliphatic carbocycles. The first-order valence-corrected chi connectivity index (χ1v) is 6.19. The molecule has 0 aliphatic heterocycles. The Labute approximate surface area is 111 Å². The molecule has 3 nitrogen and oxygen atoms in total. The van der Waals surface area contributed by atoms with E-state index < -0.39 is 11.6 Å². The van der Waals surface area contributed by atoms with Crippen molar-refractivity contribution >= 4 is 0 Å². The number of nitrogens with zero attached hydrogens (tertiary/aromatic N) is 1. The van der Waals surface area contributed by atoms with Gasteiger partial charge in [0.15, 0.2) is 0 Å². The van der Waals surface area contributed by atoms with Gasteiger partial charge in [-0.2, -0.15) is 5.26 Å².